The lowest BCUT2D eigenvalue weighted by Crippen LogP contribution is -2.26. The first kappa shape index (κ1) is 12.3. The van der Waals surface area contributed by atoms with Gasteiger partial charge in [0.05, 0.1) is 10.8 Å². The van der Waals surface area contributed by atoms with Crippen molar-refractivity contribution in [3.8, 4) is 0 Å². The molecule has 0 aliphatic heterocycles. The summed E-state index contributed by atoms with van der Waals surface area (Å²) < 4.78 is 20.4. The van der Waals surface area contributed by atoms with E-state index >= 15 is 0 Å². The number of amides is 1. The van der Waals surface area contributed by atoms with Gasteiger partial charge in [-0.2, -0.15) is 0 Å². The molecule has 1 amide bonds. The van der Waals surface area contributed by atoms with Crippen LogP contribution in [-0.2, 0) is 11.1 Å². The molecule has 0 aromatic heterocycles. The zero-order valence-electron chi connectivity index (χ0n) is 7.91. The number of hydrogen-bond donors (Lipinski definition) is 1. The van der Waals surface area contributed by atoms with Crippen molar-refractivity contribution < 1.29 is 18.5 Å². The smallest absolute Gasteiger partial charge is 0.270 e. The second kappa shape index (κ2) is 5.33. The second-order valence-electron chi connectivity index (χ2n) is 2.76. The molecule has 0 saturated carbocycles. The maximum Gasteiger partial charge on any atom is 0.270 e. The molecule has 0 fully saturated rings. The maximum absolute atomic E-state index is 11.3. The number of carbonyl (C=O) groups excluding carboxylic acids is 1. The van der Waals surface area contributed by atoms with Crippen LogP contribution in [0.5, 0.6) is 0 Å². The monoisotopic (exact) mass is 243 g/mol. The largest absolute Gasteiger partial charge is 0.771 e. The van der Waals surface area contributed by atoms with Crippen LogP contribution < -0.4 is 5.32 Å². The third-order valence-corrected chi connectivity index (χ3v) is 2.05. The summed E-state index contributed by atoms with van der Waals surface area (Å²) in [5.41, 5.74) is -0.185. The fourth-order valence-corrected chi connectivity index (χ4v) is 1.24. The summed E-state index contributed by atoms with van der Waals surface area (Å²) in [5.74, 6) is -1.20. The number of nitro groups is 1. The molecule has 0 bridgehead atoms. The van der Waals surface area contributed by atoms with Gasteiger partial charge in [0.2, 0.25) is 0 Å². The van der Waals surface area contributed by atoms with Gasteiger partial charge in [0.1, 0.15) is 0 Å². The van der Waals surface area contributed by atoms with E-state index in [-0.39, 0.29) is 11.3 Å². The van der Waals surface area contributed by atoms with E-state index in [1.165, 1.54) is 18.2 Å². The molecule has 0 spiro atoms. The molecule has 1 aromatic rings. The minimum absolute atomic E-state index is 0.0413. The van der Waals surface area contributed by atoms with Crippen LogP contribution in [0.2, 0.25) is 0 Å². The molecule has 1 N–H and O–H groups in total. The molecular formula is C8H7N2O5S-. The number of hydrogen-bond acceptors (Lipinski definition) is 5. The highest BCUT2D eigenvalue weighted by atomic mass is 32.2. The van der Waals surface area contributed by atoms with E-state index in [9.17, 15) is 23.7 Å². The van der Waals surface area contributed by atoms with E-state index in [2.05, 4.69) is 5.32 Å². The van der Waals surface area contributed by atoms with Crippen LogP contribution in [0, 0.1) is 10.1 Å². The molecule has 0 heterocycles. The molecule has 1 rings (SSSR count). The van der Waals surface area contributed by atoms with Gasteiger partial charge in [0.15, 0.2) is 0 Å². The average Bonchev–Trinajstić information content (AvgIpc) is 2.26. The SMILES string of the molecule is O=C(NCS(=O)[O-])c1cccc([N+](=O)[O-])c1. The van der Waals surface area contributed by atoms with Gasteiger partial charge in [-0.05, 0) is 17.1 Å². The number of nitrogens with zero attached hydrogens (tertiary/aromatic N) is 1. The molecule has 8 heteroatoms. The van der Waals surface area contributed by atoms with E-state index in [1.807, 2.05) is 0 Å². The molecule has 86 valence electrons. The summed E-state index contributed by atoms with van der Waals surface area (Å²) in [7, 11) is 0. The number of nitrogens with one attached hydrogen (secondary N) is 1. The van der Waals surface area contributed by atoms with Crippen LogP contribution in [0.15, 0.2) is 24.3 Å². The van der Waals surface area contributed by atoms with Gasteiger partial charge < -0.3 is 9.87 Å². The maximum atomic E-state index is 11.3. The highest BCUT2D eigenvalue weighted by Crippen LogP contribution is 2.12. The van der Waals surface area contributed by atoms with Crippen molar-refractivity contribution in [3.63, 3.8) is 0 Å². The Hall–Kier alpha value is -1.80. The first-order valence-electron chi connectivity index (χ1n) is 4.09. The van der Waals surface area contributed by atoms with Crippen molar-refractivity contribution in [2.45, 2.75) is 0 Å². The molecule has 1 atom stereocenters. The van der Waals surface area contributed by atoms with Crippen LogP contribution in [0.3, 0.4) is 0 Å². The fraction of sp³-hybridized carbons (Fsp3) is 0.125. The van der Waals surface area contributed by atoms with E-state index in [1.54, 1.807) is 0 Å². The molecule has 0 aliphatic carbocycles. The van der Waals surface area contributed by atoms with E-state index in [0.717, 1.165) is 6.07 Å². The molecule has 0 aliphatic rings. The topological polar surface area (TPSA) is 112 Å². The Morgan fingerprint density at radius 3 is 2.75 bits per heavy atom. The summed E-state index contributed by atoms with van der Waals surface area (Å²) in [5, 5.41) is 12.5. The van der Waals surface area contributed by atoms with Crippen molar-refractivity contribution in [1.82, 2.24) is 5.32 Å². The second-order valence-corrected chi connectivity index (χ2v) is 3.66. The zero-order chi connectivity index (χ0) is 12.1. The zero-order valence-corrected chi connectivity index (χ0v) is 8.73. The Kier molecular flexibility index (Phi) is 4.09. The number of nitro benzene ring substituents is 1. The van der Waals surface area contributed by atoms with E-state index < -0.39 is 27.8 Å². The fourth-order valence-electron chi connectivity index (χ4n) is 0.987. The van der Waals surface area contributed by atoms with Gasteiger partial charge in [0, 0.05) is 17.7 Å². The quantitative estimate of drug-likeness (QED) is 0.460. The Balaban J connectivity index is 2.79. The highest BCUT2D eigenvalue weighted by molar-refractivity contribution is 7.79. The molecular weight excluding hydrogens is 236 g/mol. The summed E-state index contributed by atoms with van der Waals surface area (Å²) in [6.07, 6.45) is 0. The van der Waals surface area contributed by atoms with Crippen LogP contribution in [0.1, 0.15) is 10.4 Å². The standard InChI is InChI=1S/C8H8N2O5S/c11-8(9-5-16(14)15)6-2-1-3-7(4-6)10(12)13/h1-4H,5H2,(H,9,11)(H,14,15)/p-1. The van der Waals surface area contributed by atoms with E-state index in [4.69, 9.17) is 0 Å². The van der Waals surface area contributed by atoms with Crippen molar-refractivity contribution >= 4 is 22.7 Å². The molecule has 7 nitrogen and oxygen atoms in total. The molecule has 1 aromatic carbocycles. The normalized spacial score (nSPS) is 11.8. The van der Waals surface area contributed by atoms with Gasteiger partial charge in [-0.3, -0.25) is 19.1 Å². The van der Waals surface area contributed by atoms with Crippen LogP contribution in [-0.4, -0.2) is 25.5 Å². The predicted octanol–water partition coefficient (Wildman–Crippen LogP) is 0.161. The first-order chi connectivity index (χ1) is 7.50. The average molecular weight is 243 g/mol. The minimum atomic E-state index is -2.39. The summed E-state index contributed by atoms with van der Waals surface area (Å²) in [4.78, 5) is 21.1. The van der Waals surface area contributed by atoms with Gasteiger partial charge in [-0.25, -0.2) is 0 Å². The van der Waals surface area contributed by atoms with Gasteiger partial charge in [0.25, 0.3) is 11.6 Å². The molecule has 0 radical (unpaired) electrons. The summed E-state index contributed by atoms with van der Waals surface area (Å²) in [6.45, 7) is 0. The molecule has 0 saturated heterocycles. The van der Waals surface area contributed by atoms with E-state index in [0.29, 0.717) is 0 Å². The van der Waals surface area contributed by atoms with Crippen molar-refractivity contribution in [2.24, 2.45) is 0 Å². The van der Waals surface area contributed by atoms with Crippen LogP contribution in [0.4, 0.5) is 5.69 Å². The first-order valence-corrected chi connectivity index (χ1v) is 5.33. The lowest BCUT2D eigenvalue weighted by molar-refractivity contribution is -0.384. The number of benzene rings is 1. The van der Waals surface area contributed by atoms with Crippen LogP contribution in [0.25, 0.3) is 0 Å². The van der Waals surface area contributed by atoms with Crippen molar-refractivity contribution in [1.29, 1.82) is 0 Å². The summed E-state index contributed by atoms with van der Waals surface area (Å²) in [6, 6.07) is 5.02. The minimum Gasteiger partial charge on any atom is -0.771 e. The Morgan fingerprint density at radius 2 is 2.19 bits per heavy atom. The lowest BCUT2D eigenvalue weighted by Gasteiger charge is -2.06. The third kappa shape index (κ3) is 3.41. The van der Waals surface area contributed by atoms with Gasteiger partial charge in [-0.15, -0.1) is 0 Å². The molecule has 1 unspecified atom stereocenters. The predicted molar refractivity (Wildman–Crippen MR) is 54.3 cm³/mol. The van der Waals surface area contributed by atoms with Gasteiger partial charge >= 0.3 is 0 Å². The van der Waals surface area contributed by atoms with Crippen LogP contribution >= 0.6 is 0 Å². The number of carbonyl (C=O) groups is 1. The Labute approximate surface area is 92.9 Å². The van der Waals surface area contributed by atoms with Crippen molar-refractivity contribution in [3.05, 3.63) is 39.9 Å². The van der Waals surface area contributed by atoms with Gasteiger partial charge in [-0.1, -0.05) is 6.07 Å². The number of non-ortho nitro benzene ring substituents is 1. The highest BCUT2D eigenvalue weighted by Gasteiger charge is 2.10. The summed E-state index contributed by atoms with van der Waals surface area (Å²) >= 11 is -2.39. The Bertz CT molecular complexity index is 448. The van der Waals surface area contributed by atoms with Crippen molar-refractivity contribution in [2.75, 3.05) is 5.88 Å². The third-order valence-electron chi connectivity index (χ3n) is 1.67. The Morgan fingerprint density at radius 1 is 1.50 bits per heavy atom. The molecule has 16 heavy (non-hydrogen) atoms. The number of rotatable bonds is 4. The lowest BCUT2D eigenvalue weighted by atomic mass is 10.2.